The molecule has 0 saturated heterocycles. The van der Waals surface area contributed by atoms with E-state index in [4.69, 9.17) is 46.4 Å². The molecular formula is C4Cl4F2. The monoisotopic (exact) mass is 226 g/mol. The van der Waals surface area contributed by atoms with Crippen LogP contribution < -0.4 is 0 Å². The van der Waals surface area contributed by atoms with Crippen LogP contribution in [0.3, 0.4) is 0 Å². The Balaban J connectivity index is 4.71. The Morgan fingerprint density at radius 2 is 0.900 bits per heavy atom. The highest BCUT2D eigenvalue weighted by atomic mass is 35.5. The fourth-order valence-corrected chi connectivity index (χ4v) is 0.618. The Hall–Kier alpha value is 0.500. The van der Waals surface area contributed by atoms with Crippen LogP contribution in [-0.2, 0) is 0 Å². The summed E-state index contributed by atoms with van der Waals surface area (Å²) in [5, 5.41) is -4.09. The third kappa shape index (κ3) is 3.06. The molecule has 0 N–H and O–H groups in total. The molecule has 0 heterocycles. The summed E-state index contributed by atoms with van der Waals surface area (Å²) < 4.78 is 23.7. The first-order valence-corrected chi connectivity index (χ1v) is 3.40. The largest absolute Gasteiger partial charge is 0.209 e. The predicted molar refractivity (Wildman–Crippen MR) is 39.7 cm³/mol. The molecule has 0 aromatic heterocycles. The Labute approximate surface area is 76.0 Å². The summed E-state index contributed by atoms with van der Waals surface area (Å²) in [5.41, 5.74) is 0. The van der Waals surface area contributed by atoms with E-state index in [1.807, 2.05) is 0 Å². The Morgan fingerprint density at radius 1 is 0.700 bits per heavy atom. The van der Waals surface area contributed by atoms with Gasteiger partial charge in [-0.2, -0.15) is 8.78 Å². The Morgan fingerprint density at radius 3 is 1.00 bits per heavy atom. The molecule has 0 aliphatic carbocycles. The summed E-state index contributed by atoms with van der Waals surface area (Å²) in [6.45, 7) is 0. The van der Waals surface area contributed by atoms with Crippen molar-refractivity contribution in [2.75, 3.05) is 0 Å². The smallest absolute Gasteiger partial charge is 0.192 e. The second-order valence-electron chi connectivity index (χ2n) is 1.15. The fraction of sp³-hybridized carbons (Fsp3) is 0. The average Bonchev–Trinajstić information content (AvgIpc) is 1.84. The van der Waals surface area contributed by atoms with Crippen LogP contribution in [0.5, 0.6) is 0 Å². The lowest BCUT2D eigenvalue weighted by molar-refractivity contribution is 0.680. The van der Waals surface area contributed by atoms with Gasteiger partial charge in [0.15, 0.2) is 0 Å². The van der Waals surface area contributed by atoms with Crippen molar-refractivity contribution < 1.29 is 8.78 Å². The first kappa shape index (κ1) is 10.5. The zero-order valence-corrected chi connectivity index (χ0v) is 7.29. The highest BCUT2D eigenvalue weighted by Gasteiger charge is 2.09. The molecule has 0 atom stereocenters. The molecule has 0 rings (SSSR count). The minimum atomic E-state index is -1.30. The molecule has 0 fully saturated rings. The lowest BCUT2D eigenvalue weighted by Crippen LogP contribution is -1.74. The number of hydrogen-bond acceptors (Lipinski definition) is 0. The van der Waals surface area contributed by atoms with Gasteiger partial charge in [-0.3, -0.25) is 0 Å². The Bertz CT molecular complexity index is 165. The van der Waals surface area contributed by atoms with Crippen LogP contribution in [0.2, 0.25) is 0 Å². The Kier molecular flexibility index (Phi) is 4.61. The predicted octanol–water partition coefficient (Wildman–Crippen LogP) is 4.22. The lowest BCUT2D eigenvalue weighted by atomic mass is 10.6. The second-order valence-corrected chi connectivity index (χ2v) is 2.57. The van der Waals surface area contributed by atoms with Gasteiger partial charge in [0.1, 0.15) is 10.1 Å². The lowest BCUT2D eigenvalue weighted by Gasteiger charge is -1.92. The normalized spacial score (nSPS) is 16.2. The zero-order chi connectivity index (χ0) is 8.31. The van der Waals surface area contributed by atoms with Crippen LogP contribution >= 0.6 is 46.4 Å². The van der Waals surface area contributed by atoms with Gasteiger partial charge in [-0.15, -0.1) is 0 Å². The SMILES string of the molecule is FC(Cl)=C(Cl)C(Cl)=C(F)Cl. The summed E-state index contributed by atoms with van der Waals surface area (Å²) in [6.07, 6.45) is 0. The van der Waals surface area contributed by atoms with E-state index in [1.165, 1.54) is 0 Å². The number of allylic oxidation sites excluding steroid dienone is 2. The number of rotatable bonds is 1. The molecule has 0 aromatic rings. The van der Waals surface area contributed by atoms with Crippen LogP contribution in [0.15, 0.2) is 20.6 Å². The molecule has 0 bridgehead atoms. The molecule has 0 amide bonds. The van der Waals surface area contributed by atoms with E-state index in [9.17, 15) is 8.78 Å². The van der Waals surface area contributed by atoms with Crippen LogP contribution in [0.4, 0.5) is 8.78 Å². The van der Waals surface area contributed by atoms with Crippen molar-refractivity contribution in [3.63, 3.8) is 0 Å². The average molecular weight is 228 g/mol. The maximum absolute atomic E-state index is 11.9. The van der Waals surface area contributed by atoms with Gasteiger partial charge in [-0.1, -0.05) is 23.2 Å². The van der Waals surface area contributed by atoms with E-state index in [2.05, 4.69) is 0 Å². The van der Waals surface area contributed by atoms with Gasteiger partial charge in [0.25, 0.3) is 0 Å². The van der Waals surface area contributed by atoms with Crippen molar-refractivity contribution in [1.29, 1.82) is 0 Å². The molecule has 0 radical (unpaired) electrons. The highest BCUT2D eigenvalue weighted by molar-refractivity contribution is 6.50. The number of hydrogen-bond donors (Lipinski definition) is 0. The maximum Gasteiger partial charge on any atom is 0.209 e. The third-order valence-corrected chi connectivity index (χ3v) is 1.90. The van der Waals surface area contributed by atoms with Crippen molar-refractivity contribution in [2.24, 2.45) is 0 Å². The summed E-state index contributed by atoms with van der Waals surface area (Å²) >= 11 is 19.4. The molecule has 0 aromatic carbocycles. The molecule has 0 unspecified atom stereocenters. The molecule has 0 spiro atoms. The molecule has 58 valence electrons. The standard InChI is InChI=1S/C4Cl4F2/c5-1(3(7)9)2(6)4(8)10. The van der Waals surface area contributed by atoms with Crippen molar-refractivity contribution >= 4 is 46.4 Å². The van der Waals surface area contributed by atoms with E-state index in [0.29, 0.717) is 0 Å². The number of halogens is 6. The topological polar surface area (TPSA) is 0 Å². The first-order valence-electron chi connectivity index (χ1n) is 1.88. The van der Waals surface area contributed by atoms with E-state index in [1.54, 1.807) is 0 Å². The summed E-state index contributed by atoms with van der Waals surface area (Å²) in [7, 11) is 0. The van der Waals surface area contributed by atoms with Crippen molar-refractivity contribution in [1.82, 2.24) is 0 Å². The van der Waals surface area contributed by atoms with Gasteiger partial charge in [0.05, 0.1) is 0 Å². The summed E-state index contributed by atoms with van der Waals surface area (Å²) in [5.74, 6) is 0. The van der Waals surface area contributed by atoms with Gasteiger partial charge in [-0.05, 0) is 23.2 Å². The van der Waals surface area contributed by atoms with E-state index in [-0.39, 0.29) is 0 Å². The van der Waals surface area contributed by atoms with Gasteiger partial charge in [0.2, 0.25) is 10.6 Å². The molecular weight excluding hydrogens is 228 g/mol. The van der Waals surface area contributed by atoms with E-state index >= 15 is 0 Å². The first-order chi connectivity index (χ1) is 4.46. The van der Waals surface area contributed by atoms with Crippen molar-refractivity contribution in [3.8, 4) is 0 Å². The molecule has 0 aliphatic heterocycles. The van der Waals surface area contributed by atoms with E-state index in [0.717, 1.165) is 0 Å². The van der Waals surface area contributed by atoms with E-state index < -0.39 is 20.6 Å². The van der Waals surface area contributed by atoms with Crippen molar-refractivity contribution in [3.05, 3.63) is 20.6 Å². The van der Waals surface area contributed by atoms with Gasteiger partial charge in [0, 0.05) is 0 Å². The van der Waals surface area contributed by atoms with Crippen LogP contribution in [0.25, 0.3) is 0 Å². The molecule has 0 saturated carbocycles. The maximum atomic E-state index is 11.9. The fourth-order valence-electron chi connectivity index (χ4n) is 0.166. The minimum absolute atomic E-state index is 0.740. The van der Waals surface area contributed by atoms with Crippen molar-refractivity contribution in [2.45, 2.75) is 0 Å². The minimum Gasteiger partial charge on any atom is -0.192 e. The van der Waals surface area contributed by atoms with Gasteiger partial charge >= 0.3 is 0 Å². The van der Waals surface area contributed by atoms with Gasteiger partial charge < -0.3 is 0 Å². The van der Waals surface area contributed by atoms with Crippen LogP contribution in [0.1, 0.15) is 0 Å². The molecule has 6 heteroatoms. The summed E-state index contributed by atoms with van der Waals surface area (Å²) in [6, 6.07) is 0. The zero-order valence-electron chi connectivity index (χ0n) is 4.27. The van der Waals surface area contributed by atoms with Crippen LogP contribution in [0, 0.1) is 0 Å². The van der Waals surface area contributed by atoms with Gasteiger partial charge in [-0.25, -0.2) is 0 Å². The molecule has 0 nitrogen and oxygen atoms in total. The second kappa shape index (κ2) is 4.39. The molecule has 10 heavy (non-hydrogen) atoms. The van der Waals surface area contributed by atoms with Crippen LogP contribution in [-0.4, -0.2) is 0 Å². The quantitative estimate of drug-likeness (QED) is 0.589. The summed E-state index contributed by atoms with van der Waals surface area (Å²) in [4.78, 5) is 0. The third-order valence-electron chi connectivity index (χ3n) is 0.525. The highest BCUT2D eigenvalue weighted by Crippen LogP contribution is 2.30. The molecule has 0 aliphatic rings.